The summed E-state index contributed by atoms with van der Waals surface area (Å²) in [5.74, 6) is 1.20. The van der Waals surface area contributed by atoms with Crippen LogP contribution in [0.5, 0.6) is 5.75 Å². The fourth-order valence-corrected chi connectivity index (χ4v) is 3.48. The molecule has 6 heteroatoms. The smallest absolute Gasteiger partial charge is 0.160 e. The monoisotopic (exact) mass is 319 g/mol. The van der Waals surface area contributed by atoms with Crippen LogP contribution in [0.25, 0.3) is 11.2 Å². The van der Waals surface area contributed by atoms with Gasteiger partial charge in [0.15, 0.2) is 5.65 Å². The quantitative estimate of drug-likeness (QED) is 0.742. The summed E-state index contributed by atoms with van der Waals surface area (Å²) >= 11 is 12.3. The molecule has 1 aliphatic heterocycles. The number of aromatic hydroxyl groups is 1. The topological polar surface area (TPSA) is 50.9 Å². The Hall–Kier alpha value is -1.78. The minimum absolute atomic E-state index is 0.0603. The van der Waals surface area contributed by atoms with E-state index in [0.29, 0.717) is 28.6 Å². The van der Waals surface area contributed by atoms with Gasteiger partial charge < -0.3 is 9.67 Å². The Kier molecular flexibility index (Phi) is 2.84. The Bertz CT molecular complexity index is 859. The van der Waals surface area contributed by atoms with Gasteiger partial charge in [-0.1, -0.05) is 23.2 Å². The minimum Gasteiger partial charge on any atom is -0.508 e. The maximum atomic E-state index is 10.1. The van der Waals surface area contributed by atoms with Crippen LogP contribution in [0.4, 0.5) is 0 Å². The SMILES string of the molecule is Oc1ccc(Cl)c(Cl)c1C1Cc2nc3cccnc3n2C1. The highest BCUT2D eigenvalue weighted by atomic mass is 35.5. The molecule has 2 aromatic heterocycles. The summed E-state index contributed by atoms with van der Waals surface area (Å²) in [6.07, 6.45) is 2.47. The third kappa shape index (κ3) is 1.90. The lowest BCUT2D eigenvalue weighted by molar-refractivity contribution is 0.459. The van der Waals surface area contributed by atoms with Crippen molar-refractivity contribution in [3.63, 3.8) is 0 Å². The number of aromatic nitrogens is 3. The Morgan fingerprint density at radius 3 is 2.95 bits per heavy atom. The molecule has 1 N–H and O–H groups in total. The summed E-state index contributed by atoms with van der Waals surface area (Å²) in [7, 11) is 0. The van der Waals surface area contributed by atoms with Gasteiger partial charge in [0.2, 0.25) is 0 Å². The van der Waals surface area contributed by atoms with Crippen LogP contribution in [-0.2, 0) is 13.0 Å². The van der Waals surface area contributed by atoms with Gasteiger partial charge in [0.25, 0.3) is 0 Å². The predicted molar refractivity (Wildman–Crippen MR) is 82.1 cm³/mol. The second kappa shape index (κ2) is 4.61. The first-order valence-corrected chi connectivity index (χ1v) is 7.37. The molecule has 1 aromatic carbocycles. The molecule has 0 amide bonds. The average molecular weight is 320 g/mol. The number of hydrogen-bond acceptors (Lipinski definition) is 3. The summed E-state index contributed by atoms with van der Waals surface area (Å²) in [4.78, 5) is 8.98. The second-order valence-electron chi connectivity index (χ2n) is 5.18. The largest absolute Gasteiger partial charge is 0.508 e. The van der Waals surface area contributed by atoms with Gasteiger partial charge in [0, 0.05) is 30.6 Å². The Balaban J connectivity index is 1.79. The average Bonchev–Trinajstić information content (AvgIpc) is 3.01. The zero-order chi connectivity index (χ0) is 14.6. The predicted octanol–water partition coefficient (Wildman–Crippen LogP) is 3.78. The van der Waals surface area contributed by atoms with Crippen molar-refractivity contribution >= 4 is 34.4 Å². The Labute approximate surface area is 131 Å². The standard InChI is InChI=1S/C15H11Cl2N3O/c16-9-3-4-11(21)13(14(9)17)8-6-12-19-10-2-1-5-18-15(10)20(12)7-8/h1-5,8,21H,6-7H2. The zero-order valence-electron chi connectivity index (χ0n) is 10.9. The van der Waals surface area contributed by atoms with Crippen molar-refractivity contribution in [3.05, 3.63) is 51.9 Å². The van der Waals surface area contributed by atoms with Crippen LogP contribution in [0.15, 0.2) is 30.5 Å². The molecule has 21 heavy (non-hydrogen) atoms. The minimum atomic E-state index is 0.0603. The molecule has 3 aromatic rings. The van der Waals surface area contributed by atoms with Gasteiger partial charge in [0.05, 0.1) is 10.0 Å². The number of phenols is 1. The second-order valence-corrected chi connectivity index (χ2v) is 5.97. The molecule has 4 nitrogen and oxygen atoms in total. The van der Waals surface area contributed by atoms with E-state index in [1.807, 2.05) is 12.1 Å². The number of hydrogen-bond donors (Lipinski definition) is 1. The molecule has 0 bridgehead atoms. The van der Waals surface area contributed by atoms with Crippen molar-refractivity contribution in [2.75, 3.05) is 0 Å². The first-order chi connectivity index (χ1) is 10.1. The van der Waals surface area contributed by atoms with E-state index in [2.05, 4.69) is 14.5 Å². The van der Waals surface area contributed by atoms with Gasteiger partial charge in [-0.15, -0.1) is 0 Å². The summed E-state index contributed by atoms with van der Waals surface area (Å²) in [5, 5.41) is 11.0. The molecule has 3 heterocycles. The third-order valence-corrected chi connectivity index (χ3v) is 4.75. The van der Waals surface area contributed by atoms with Crippen LogP contribution in [0, 0.1) is 0 Å². The molecule has 1 atom stereocenters. The van der Waals surface area contributed by atoms with Crippen molar-refractivity contribution < 1.29 is 5.11 Å². The van der Waals surface area contributed by atoms with E-state index in [1.54, 1.807) is 18.3 Å². The van der Waals surface area contributed by atoms with E-state index < -0.39 is 0 Å². The lowest BCUT2D eigenvalue weighted by Gasteiger charge is -2.14. The highest BCUT2D eigenvalue weighted by Gasteiger charge is 2.30. The van der Waals surface area contributed by atoms with Crippen LogP contribution in [0.3, 0.4) is 0 Å². The van der Waals surface area contributed by atoms with E-state index in [9.17, 15) is 5.11 Å². The lowest BCUT2D eigenvalue weighted by Crippen LogP contribution is -2.03. The fraction of sp³-hybridized carbons (Fsp3) is 0.200. The van der Waals surface area contributed by atoms with E-state index in [1.165, 1.54) is 0 Å². The maximum Gasteiger partial charge on any atom is 0.160 e. The summed E-state index contributed by atoms with van der Waals surface area (Å²) in [6.45, 7) is 0.691. The number of pyridine rings is 1. The summed E-state index contributed by atoms with van der Waals surface area (Å²) < 4.78 is 2.08. The van der Waals surface area contributed by atoms with Crippen LogP contribution < -0.4 is 0 Å². The maximum absolute atomic E-state index is 10.1. The Morgan fingerprint density at radius 2 is 2.10 bits per heavy atom. The van der Waals surface area contributed by atoms with Crippen molar-refractivity contribution in [1.82, 2.24) is 14.5 Å². The fourth-order valence-electron chi connectivity index (χ4n) is 3.00. The van der Waals surface area contributed by atoms with E-state index >= 15 is 0 Å². The number of halogens is 2. The molecule has 0 fully saturated rings. The van der Waals surface area contributed by atoms with Crippen LogP contribution >= 0.6 is 23.2 Å². The molecular formula is C15H11Cl2N3O. The number of phenolic OH excluding ortho intramolecular Hbond substituents is 1. The van der Waals surface area contributed by atoms with Gasteiger partial charge in [-0.2, -0.15) is 0 Å². The van der Waals surface area contributed by atoms with Crippen LogP contribution in [-0.4, -0.2) is 19.6 Å². The lowest BCUT2D eigenvalue weighted by atomic mass is 9.96. The van der Waals surface area contributed by atoms with Crippen LogP contribution in [0.1, 0.15) is 17.3 Å². The highest BCUT2D eigenvalue weighted by molar-refractivity contribution is 6.42. The Morgan fingerprint density at radius 1 is 1.24 bits per heavy atom. The number of nitrogens with zero attached hydrogens (tertiary/aromatic N) is 3. The van der Waals surface area contributed by atoms with Gasteiger partial charge in [-0.05, 0) is 24.3 Å². The number of fused-ring (bicyclic) bond motifs is 3. The van der Waals surface area contributed by atoms with Gasteiger partial charge in [-0.3, -0.25) is 0 Å². The molecule has 106 valence electrons. The zero-order valence-corrected chi connectivity index (χ0v) is 12.4. The van der Waals surface area contributed by atoms with E-state index in [4.69, 9.17) is 23.2 Å². The third-order valence-electron chi connectivity index (χ3n) is 3.93. The van der Waals surface area contributed by atoms with Crippen molar-refractivity contribution in [1.29, 1.82) is 0 Å². The van der Waals surface area contributed by atoms with Crippen LogP contribution in [0.2, 0.25) is 10.0 Å². The van der Waals surface area contributed by atoms with Gasteiger partial charge in [0.1, 0.15) is 17.1 Å². The molecule has 1 unspecified atom stereocenters. The number of imidazole rings is 1. The van der Waals surface area contributed by atoms with E-state index in [-0.39, 0.29) is 11.7 Å². The first-order valence-electron chi connectivity index (χ1n) is 6.62. The van der Waals surface area contributed by atoms with E-state index in [0.717, 1.165) is 17.0 Å². The molecular weight excluding hydrogens is 309 g/mol. The highest BCUT2D eigenvalue weighted by Crippen LogP contribution is 2.42. The molecule has 0 radical (unpaired) electrons. The molecule has 1 aliphatic rings. The summed E-state index contributed by atoms with van der Waals surface area (Å²) in [6, 6.07) is 7.02. The molecule has 4 rings (SSSR count). The molecule has 0 saturated heterocycles. The van der Waals surface area contributed by atoms with Crippen molar-refractivity contribution in [2.45, 2.75) is 18.9 Å². The molecule has 0 aliphatic carbocycles. The van der Waals surface area contributed by atoms with Crippen molar-refractivity contribution in [3.8, 4) is 5.75 Å². The normalized spacial score (nSPS) is 17.3. The van der Waals surface area contributed by atoms with Gasteiger partial charge in [-0.25, -0.2) is 9.97 Å². The number of benzene rings is 1. The molecule has 0 spiro atoms. The van der Waals surface area contributed by atoms with Gasteiger partial charge >= 0.3 is 0 Å². The van der Waals surface area contributed by atoms with Crippen molar-refractivity contribution in [2.24, 2.45) is 0 Å². The molecule has 0 saturated carbocycles. The number of rotatable bonds is 1. The summed E-state index contributed by atoms with van der Waals surface area (Å²) in [5.41, 5.74) is 2.46. The first kappa shape index (κ1) is 12.9.